The Morgan fingerprint density at radius 3 is 2.15 bits per heavy atom. The van der Waals surface area contributed by atoms with Crippen LogP contribution in [0.3, 0.4) is 0 Å². The molecule has 0 fully saturated rings. The number of nitrogens with one attached hydrogen (secondary N) is 1. The van der Waals surface area contributed by atoms with Crippen LogP contribution in [0.2, 0.25) is 0 Å². The topological polar surface area (TPSA) is 49.4 Å². The zero-order chi connectivity index (χ0) is 19.6. The predicted molar refractivity (Wildman–Crippen MR) is 101 cm³/mol. The Labute approximate surface area is 158 Å². The van der Waals surface area contributed by atoms with Gasteiger partial charge in [0.2, 0.25) is 5.91 Å². The summed E-state index contributed by atoms with van der Waals surface area (Å²) in [5.74, 6) is -0.715. The van der Waals surface area contributed by atoms with E-state index in [1.165, 1.54) is 0 Å². The van der Waals surface area contributed by atoms with Crippen LogP contribution in [0.5, 0.6) is 0 Å². The fourth-order valence-corrected chi connectivity index (χ4v) is 2.83. The molecule has 0 aliphatic heterocycles. The smallest absolute Gasteiger partial charge is 0.255 e. The van der Waals surface area contributed by atoms with Gasteiger partial charge in [-0.1, -0.05) is 55.5 Å². The first-order chi connectivity index (χ1) is 13.0. The van der Waals surface area contributed by atoms with Gasteiger partial charge >= 0.3 is 0 Å². The Bertz CT molecular complexity index is 723. The predicted octanol–water partition coefficient (Wildman–Crippen LogP) is 4.05. The number of carbonyl (C=O) groups excluding carboxylic acids is 2. The third-order valence-corrected chi connectivity index (χ3v) is 4.13. The first-order valence-electron chi connectivity index (χ1n) is 8.98. The fraction of sp³-hybridized carbons (Fsp3) is 0.333. The van der Waals surface area contributed by atoms with Gasteiger partial charge in [-0.15, -0.1) is 0 Å². The standard InChI is InChI=1S/C21H24F2N2O2/c1-2-13-25(15-19(22)23)20(26)14-18(16-9-5-3-6-10-16)24-21(27)17-11-7-4-8-12-17/h3-12,18-19H,2,13-15H2,1H3,(H,24,27). The van der Waals surface area contributed by atoms with E-state index in [0.717, 1.165) is 10.5 Å². The van der Waals surface area contributed by atoms with E-state index in [-0.39, 0.29) is 18.9 Å². The molecule has 1 atom stereocenters. The second-order valence-electron chi connectivity index (χ2n) is 6.24. The van der Waals surface area contributed by atoms with Gasteiger partial charge in [0.15, 0.2) is 0 Å². The number of nitrogens with zero attached hydrogens (tertiary/aromatic N) is 1. The minimum absolute atomic E-state index is 0.0741. The quantitative estimate of drug-likeness (QED) is 0.720. The van der Waals surface area contributed by atoms with Crippen molar-refractivity contribution in [3.05, 3.63) is 71.8 Å². The number of amides is 2. The molecule has 4 nitrogen and oxygen atoms in total. The number of benzene rings is 2. The van der Waals surface area contributed by atoms with E-state index < -0.39 is 24.9 Å². The van der Waals surface area contributed by atoms with Crippen LogP contribution in [-0.4, -0.2) is 36.2 Å². The van der Waals surface area contributed by atoms with Crippen LogP contribution in [0, 0.1) is 0 Å². The first kappa shape index (κ1) is 20.6. The zero-order valence-electron chi connectivity index (χ0n) is 15.3. The maximum atomic E-state index is 12.8. The van der Waals surface area contributed by atoms with E-state index in [1.54, 1.807) is 36.4 Å². The summed E-state index contributed by atoms with van der Waals surface area (Å²) in [6, 6.07) is 17.1. The van der Waals surface area contributed by atoms with Crippen LogP contribution < -0.4 is 5.32 Å². The molecule has 144 valence electrons. The van der Waals surface area contributed by atoms with Gasteiger partial charge in [0.05, 0.1) is 19.0 Å². The zero-order valence-corrected chi connectivity index (χ0v) is 15.3. The van der Waals surface area contributed by atoms with Gasteiger partial charge in [0.1, 0.15) is 0 Å². The number of hydrogen-bond donors (Lipinski definition) is 1. The summed E-state index contributed by atoms with van der Waals surface area (Å²) in [4.78, 5) is 26.3. The Morgan fingerprint density at radius 1 is 1.00 bits per heavy atom. The average molecular weight is 374 g/mol. The molecule has 1 unspecified atom stereocenters. The minimum atomic E-state index is -2.59. The van der Waals surface area contributed by atoms with E-state index >= 15 is 0 Å². The van der Waals surface area contributed by atoms with Gasteiger partial charge in [-0.05, 0) is 24.1 Å². The largest absolute Gasteiger partial charge is 0.345 e. The van der Waals surface area contributed by atoms with Gasteiger partial charge in [-0.25, -0.2) is 8.78 Å². The molecule has 0 heterocycles. The van der Waals surface area contributed by atoms with Crippen molar-refractivity contribution in [3.63, 3.8) is 0 Å². The molecule has 2 aromatic rings. The maximum absolute atomic E-state index is 12.8. The van der Waals surface area contributed by atoms with Crippen LogP contribution in [-0.2, 0) is 4.79 Å². The number of hydrogen-bond acceptors (Lipinski definition) is 2. The van der Waals surface area contributed by atoms with Crippen LogP contribution in [0.15, 0.2) is 60.7 Å². The Hall–Kier alpha value is -2.76. The molecule has 1 N–H and O–H groups in total. The summed E-state index contributed by atoms with van der Waals surface area (Å²) in [7, 11) is 0. The second kappa shape index (κ2) is 10.4. The third kappa shape index (κ3) is 6.47. The summed E-state index contributed by atoms with van der Waals surface area (Å²) in [6.07, 6.45) is -2.07. The van der Waals surface area contributed by atoms with Gasteiger partial charge in [0.25, 0.3) is 12.3 Å². The molecule has 2 rings (SSSR count). The molecular weight excluding hydrogens is 350 g/mol. The van der Waals surface area contributed by atoms with Crippen LogP contribution in [0.4, 0.5) is 8.78 Å². The summed E-state index contributed by atoms with van der Waals surface area (Å²) < 4.78 is 25.6. The molecule has 0 aromatic heterocycles. The van der Waals surface area contributed by atoms with Gasteiger partial charge in [-0.3, -0.25) is 9.59 Å². The molecule has 6 heteroatoms. The highest BCUT2D eigenvalue weighted by Gasteiger charge is 2.24. The third-order valence-electron chi connectivity index (χ3n) is 4.13. The molecule has 27 heavy (non-hydrogen) atoms. The van der Waals surface area contributed by atoms with Crippen molar-refractivity contribution in [2.75, 3.05) is 13.1 Å². The van der Waals surface area contributed by atoms with E-state index in [0.29, 0.717) is 12.0 Å². The number of alkyl halides is 2. The highest BCUT2D eigenvalue weighted by molar-refractivity contribution is 5.94. The van der Waals surface area contributed by atoms with Crippen molar-refractivity contribution < 1.29 is 18.4 Å². The van der Waals surface area contributed by atoms with E-state index in [9.17, 15) is 18.4 Å². The average Bonchev–Trinajstić information content (AvgIpc) is 2.68. The molecule has 2 amide bonds. The lowest BCUT2D eigenvalue weighted by molar-refractivity contribution is -0.133. The molecule has 0 saturated carbocycles. The van der Waals surface area contributed by atoms with Crippen molar-refractivity contribution in [2.45, 2.75) is 32.2 Å². The van der Waals surface area contributed by atoms with Crippen molar-refractivity contribution in [2.24, 2.45) is 0 Å². The van der Waals surface area contributed by atoms with E-state index in [1.807, 2.05) is 31.2 Å². The summed E-state index contributed by atoms with van der Waals surface area (Å²) >= 11 is 0. The van der Waals surface area contributed by atoms with Gasteiger partial charge in [-0.2, -0.15) is 0 Å². The lowest BCUT2D eigenvalue weighted by Gasteiger charge is -2.25. The summed E-state index contributed by atoms with van der Waals surface area (Å²) in [5.41, 5.74) is 1.23. The molecule has 0 aliphatic rings. The van der Waals surface area contributed by atoms with Crippen LogP contribution in [0.25, 0.3) is 0 Å². The lowest BCUT2D eigenvalue weighted by Crippen LogP contribution is -2.39. The molecule has 0 bridgehead atoms. The highest BCUT2D eigenvalue weighted by Crippen LogP contribution is 2.19. The van der Waals surface area contributed by atoms with Crippen molar-refractivity contribution >= 4 is 11.8 Å². The summed E-state index contributed by atoms with van der Waals surface area (Å²) in [6.45, 7) is 1.50. The molecule has 0 radical (unpaired) electrons. The van der Waals surface area contributed by atoms with Crippen molar-refractivity contribution in [1.29, 1.82) is 0 Å². The van der Waals surface area contributed by atoms with E-state index in [2.05, 4.69) is 5.32 Å². The van der Waals surface area contributed by atoms with Gasteiger partial charge < -0.3 is 10.2 Å². The molecular formula is C21H24F2N2O2. The first-order valence-corrected chi connectivity index (χ1v) is 8.98. The maximum Gasteiger partial charge on any atom is 0.255 e. The Kier molecular flexibility index (Phi) is 7.92. The Morgan fingerprint density at radius 2 is 1.59 bits per heavy atom. The monoisotopic (exact) mass is 374 g/mol. The normalized spacial score (nSPS) is 11.9. The van der Waals surface area contributed by atoms with E-state index in [4.69, 9.17) is 0 Å². The second-order valence-corrected chi connectivity index (χ2v) is 6.24. The number of halogens is 2. The molecule has 0 saturated heterocycles. The Balaban J connectivity index is 2.17. The molecule has 0 aliphatic carbocycles. The molecule has 2 aromatic carbocycles. The highest BCUT2D eigenvalue weighted by atomic mass is 19.3. The minimum Gasteiger partial charge on any atom is -0.345 e. The van der Waals surface area contributed by atoms with Crippen molar-refractivity contribution in [1.82, 2.24) is 10.2 Å². The lowest BCUT2D eigenvalue weighted by atomic mass is 10.0. The van der Waals surface area contributed by atoms with Crippen molar-refractivity contribution in [3.8, 4) is 0 Å². The summed E-state index contributed by atoms with van der Waals surface area (Å²) in [5, 5.41) is 2.86. The van der Waals surface area contributed by atoms with Gasteiger partial charge in [0, 0.05) is 12.1 Å². The number of carbonyl (C=O) groups is 2. The van der Waals surface area contributed by atoms with Crippen LogP contribution >= 0.6 is 0 Å². The number of rotatable bonds is 9. The SMILES string of the molecule is CCCN(CC(F)F)C(=O)CC(NC(=O)c1ccccc1)c1ccccc1. The fourth-order valence-electron chi connectivity index (χ4n) is 2.83. The van der Waals surface area contributed by atoms with Crippen LogP contribution in [0.1, 0.15) is 41.7 Å². The molecule has 0 spiro atoms.